The lowest BCUT2D eigenvalue weighted by atomic mass is 10.2. The highest BCUT2D eigenvalue weighted by Gasteiger charge is 2.20. The van der Waals surface area contributed by atoms with Gasteiger partial charge in [0.1, 0.15) is 5.69 Å². The minimum Gasteiger partial charge on any atom is -0.345 e. The van der Waals surface area contributed by atoms with Gasteiger partial charge in [-0.25, -0.2) is 0 Å². The third-order valence-corrected chi connectivity index (χ3v) is 2.52. The third-order valence-electron chi connectivity index (χ3n) is 2.52. The summed E-state index contributed by atoms with van der Waals surface area (Å²) in [7, 11) is 0. The summed E-state index contributed by atoms with van der Waals surface area (Å²) in [5.41, 5.74) is 0.749. The molecule has 0 aromatic carbocycles. The van der Waals surface area contributed by atoms with E-state index in [1.807, 2.05) is 29.8 Å². The summed E-state index contributed by atoms with van der Waals surface area (Å²) in [6.45, 7) is 4.64. The first-order valence-electron chi connectivity index (χ1n) is 4.98. The Morgan fingerprint density at radius 3 is 3.07 bits per heavy atom. The summed E-state index contributed by atoms with van der Waals surface area (Å²) in [6.07, 6.45) is 1.92. The summed E-state index contributed by atoms with van der Waals surface area (Å²) in [6, 6.07) is 4.06. The number of nitrogens with one attached hydrogen (secondary N) is 2. The molecule has 0 atom stereocenters. The van der Waals surface area contributed by atoms with Gasteiger partial charge in [0.15, 0.2) is 0 Å². The molecule has 1 aliphatic heterocycles. The van der Waals surface area contributed by atoms with Crippen LogP contribution in [0.1, 0.15) is 17.4 Å². The van der Waals surface area contributed by atoms with Crippen molar-refractivity contribution in [2.24, 2.45) is 0 Å². The Morgan fingerprint density at radius 2 is 2.50 bits per heavy atom. The zero-order valence-electron chi connectivity index (χ0n) is 8.29. The molecule has 1 fully saturated rings. The smallest absolute Gasteiger partial charge is 0.268 e. The van der Waals surface area contributed by atoms with Crippen molar-refractivity contribution in [1.82, 2.24) is 15.2 Å². The maximum Gasteiger partial charge on any atom is 0.268 e. The molecule has 0 bridgehead atoms. The number of aromatic nitrogens is 1. The first kappa shape index (κ1) is 9.27. The highest BCUT2D eigenvalue weighted by molar-refractivity contribution is 5.93. The van der Waals surface area contributed by atoms with E-state index in [9.17, 15) is 4.79 Å². The van der Waals surface area contributed by atoms with Crippen LogP contribution in [0.3, 0.4) is 0 Å². The molecular weight excluding hydrogens is 178 g/mol. The van der Waals surface area contributed by atoms with Crippen LogP contribution >= 0.6 is 0 Å². The predicted molar refractivity (Wildman–Crippen MR) is 54.2 cm³/mol. The van der Waals surface area contributed by atoms with Crippen molar-refractivity contribution in [3.05, 3.63) is 24.0 Å². The van der Waals surface area contributed by atoms with E-state index in [1.54, 1.807) is 0 Å². The average molecular weight is 193 g/mol. The van der Waals surface area contributed by atoms with E-state index < -0.39 is 0 Å². The van der Waals surface area contributed by atoms with Gasteiger partial charge in [-0.1, -0.05) is 0 Å². The van der Waals surface area contributed by atoms with Crippen LogP contribution in [0.2, 0.25) is 0 Å². The molecule has 14 heavy (non-hydrogen) atoms. The summed E-state index contributed by atoms with van der Waals surface area (Å²) >= 11 is 0. The fourth-order valence-corrected chi connectivity index (χ4v) is 1.55. The Kier molecular flexibility index (Phi) is 2.54. The highest BCUT2D eigenvalue weighted by Crippen LogP contribution is 2.03. The van der Waals surface area contributed by atoms with E-state index >= 15 is 0 Å². The van der Waals surface area contributed by atoms with Gasteiger partial charge in [0, 0.05) is 25.8 Å². The number of carbonyl (C=O) groups excluding carboxylic acids is 1. The summed E-state index contributed by atoms with van der Waals surface area (Å²) in [5, 5.41) is 6.09. The van der Waals surface area contributed by atoms with Gasteiger partial charge in [-0.15, -0.1) is 0 Å². The fraction of sp³-hybridized carbons (Fsp3) is 0.500. The van der Waals surface area contributed by atoms with E-state index in [4.69, 9.17) is 0 Å². The van der Waals surface area contributed by atoms with Gasteiger partial charge < -0.3 is 15.2 Å². The van der Waals surface area contributed by atoms with E-state index in [0.717, 1.165) is 25.3 Å². The molecule has 4 nitrogen and oxygen atoms in total. The van der Waals surface area contributed by atoms with Gasteiger partial charge in [0.25, 0.3) is 5.91 Å². The van der Waals surface area contributed by atoms with Crippen molar-refractivity contribution in [1.29, 1.82) is 0 Å². The van der Waals surface area contributed by atoms with Gasteiger partial charge in [0.2, 0.25) is 0 Å². The largest absolute Gasteiger partial charge is 0.345 e. The lowest BCUT2D eigenvalue weighted by Gasteiger charge is -2.28. The van der Waals surface area contributed by atoms with E-state index in [2.05, 4.69) is 10.6 Å². The number of aryl methyl sites for hydroxylation is 1. The second-order valence-electron chi connectivity index (χ2n) is 3.51. The number of rotatable bonds is 3. The third kappa shape index (κ3) is 1.65. The molecule has 0 unspecified atom stereocenters. The van der Waals surface area contributed by atoms with Crippen molar-refractivity contribution in [3.63, 3.8) is 0 Å². The van der Waals surface area contributed by atoms with Crippen molar-refractivity contribution in [2.45, 2.75) is 19.5 Å². The number of carbonyl (C=O) groups is 1. The van der Waals surface area contributed by atoms with Crippen molar-refractivity contribution in [3.8, 4) is 0 Å². The van der Waals surface area contributed by atoms with Crippen molar-refractivity contribution in [2.75, 3.05) is 13.1 Å². The topological polar surface area (TPSA) is 46.1 Å². The Hall–Kier alpha value is -1.29. The molecule has 0 saturated carbocycles. The van der Waals surface area contributed by atoms with Crippen LogP contribution in [0, 0.1) is 0 Å². The predicted octanol–water partition coefficient (Wildman–Crippen LogP) is 0.210. The van der Waals surface area contributed by atoms with Crippen LogP contribution < -0.4 is 10.6 Å². The quantitative estimate of drug-likeness (QED) is 0.721. The summed E-state index contributed by atoms with van der Waals surface area (Å²) < 4.78 is 1.95. The van der Waals surface area contributed by atoms with Gasteiger partial charge >= 0.3 is 0 Å². The van der Waals surface area contributed by atoms with Gasteiger partial charge in [-0.3, -0.25) is 4.79 Å². The van der Waals surface area contributed by atoms with Crippen molar-refractivity contribution < 1.29 is 4.79 Å². The normalized spacial score (nSPS) is 16.4. The zero-order chi connectivity index (χ0) is 9.97. The van der Waals surface area contributed by atoms with E-state index in [-0.39, 0.29) is 5.91 Å². The summed E-state index contributed by atoms with van der Waals surface area (Å²) in [5.74, 6) is 0.0309. The minimum absolute atomic E-state index is 0.0309. The van der Waals surface area contributed by atoms with Crippen LogP contribution in [0.4, 0.5) is 0 Å². The molecule has 1 amide bonds. The zero-order valence-corrected chi connectivity index (χ0v) is 8.29. The molecular formula is C10H15N3O. The number of hydrogen-bond donors (Lipinski definition) is 2. The Labute approximate surface area is 83.3 Å². The maximum absolute atomic E-state index is 11.7. The van der Waals surface area contributed by atoms with E-state index in [1.165, 1.54) is 0 Å². The second kappa shape index (κ2) is 3.84. The number of amides is 1. The first-order chi connectivity index (χ1) is 6.81. The lowest BCUT2D eigenvalue weighted by Crippen LogP contribution is -2.57. The molecule has 76 valence electrons. The Bertz CT molecular complexity index is 328. The van der Waals surface area contributed by atoms with Crippen LogP contribution in [0.5, 0.6) is 0 Å². The van der Waals surface area contributed by atoms with E-state index in [0.29, 0.717) is 6.04 Å². The molecule has 2 rings (SSSR count). The highest BCUT2D eigenvalue weighted by atomic mass is 16.2. The van der Waals surface area contributed by atoms with Gasteiger partial charge in [-0.2, -0.15) is 0 Å². The number of nitrogens with zero attached hydrogens (tertiary/aromatic N) is 1. The number of hydrogen-bond acceptors (Lipinski definition) is 2. The standard InChI is InChI=1S/C10H15N3O/c1-2-13-5-3-4-9(13)10(14)12-8-6-11-7-8/h3-5,8,11H,2,6-7H2,1H3,(H,12,14). The molecule has 0 radical (unpaired) electrons. The van der Waals surface area contributed by atoms with Crippen LogP contribution in [-0.2, 0) is 6.54 Å². The fourth-order valence-electron chi connectivity index (χ4n) is 1.55. The second-order valence-corrected chi connectivity index (χ2v) is 3.51. The molecule has 1 aromatic heterocycles. The maximum atomic E-state index is 11.7. The monoisotopic (exact) mass is 193 g/mol. The van der Waals surface area contributed by atoms with Gasteiger partial charge in [-0.05, 0) is 19.1 Å². The molecule has 1 aromatic rings. The van der Waals surface area contributed by atoms with Crippen LogP contribution in [0.15, 0.2) is 18.3 Å². The molecule has 1 aliphatic rings. The SMILES string of the molecule is CCn1cccc1C(=O)NC1CNC1. The molecule has 2 N–H and O–H groups in total. The average Bonchev–Trinajstić information content (AvgIpc) is 2.58. The molecule has 1 saturated heterocycles. The first-order valence-corrected chi connectivity index (χ1v) is 4.98. The van der Waals surface area contributed by atoms with Crippen LogP contribution in [0.25, 0.3) is 0 Å². The lowest BCUT2D eigenvalue weighted by molar-refractivity contribution is 0.0914. The van der Waals surface area contributed by atoms with Crippen molar-refractivity contribution >= 4 is 5.91 Å². The molecule has 0 spiro atoms. The molecule has 0 aliphatic carbocycles. The minimum atomic E-state index is 0.0309. The van der Waals surface area contributed by atoms with Gasteiger partial charge in [0.05, 0.1) is 6.04 Å². The Morgan fingerprint density at radius 1 is 1.71 bits per heavy atom. The molecule has 2 heterocycles. The Balaban J connectivity index is 2.02. The van der Waals surface area contributed by atoms with Crippen LogP contribution in [-0.4, -0.2) is 29.6 Å². The molecule has 4 heteroatoms. The summed E-state index contributed by atoms with van der Waals surface area (Å²) in [4.78, 5) is 11.7.